The van der Waals surface area contributed by atoms with Gasteiger partial charge < -0.3 is 5.11 Å². The van der Waals surface area contributed by atoms with E-state index in [1.165, 1.54) is 6.21 Å². The lowest BCUT2D eigenvalue weighted by Crippen LogP contribution is -2.43. The Balaban J connectivity index is 1.95. The van der Waals surface area contributed by atoms with Crippen molar-refractivity contribution < 1.29 is 9.90 Å². The molecule has 0 aromatic heterocycles. The average molecular weight is 468 g/mol. The van der Waals surface area contributed by atoms with E-state index in [-0.39, 0.29) is 0 Å². The highest BCUT2D eigenvalue weighted by atomic mass is 35.5. The van der Waals surface area contributed by atoms with Crippen LogP contribution in [-0.2, 0) is 10.4 Å². The third-order valence-electron chi connectivity index (χ3n) is 4.21. The van der Waals surface area contributed by atoms with Crippen LogP contribution in [0.1, 0.15) is 16.7 Å². The monoisotopic (exact) mass is 466 g/mol. The third-order valence-corrected chi connectivity index (χ3v) is 5.38. The van der Waals surface area contributed by atoms with Gasteiger partial charge in [0.25, 0.3) is 5.91 Å². The first-order valence-electron chi connectivity index (χ1n) is 8.34. The number of amides is 1. The van der Waals surface area contributed by atoms with Crippen molar-refractivity contribution >= 4 is 58.5 Å². The van der Waals surface area contributed by atoms with Crippen LogP contribution in [0.3, 0.4) is 0 Å². The van der Waals surface area contributed by atoms with E-state index >= 15 is 0 Å². The molecule has 0 aliphatic rings. The first-order valence-corrected chi connectivity index (χ1v) is 9.85. The second-order valence-corrected chi connectivity index (χ2v) is 7.75. The summed E-state index contributed by atoms with van der Waals surface area (Å²) in [6.45, 7) is 0. The molecule has 0 saturated carbocycles. The number of nitrogens with zero attached hydrogens (tertiary/aromatic N) is 1. The maximum Gasteiger partial charge on any atom is 0.281 e. The van der Waals surface area contributed by atoms with Crippen LogP contribution in [0, 0.1) is 0 Å². The first kappa shape index (κ1) is 21.6. The predicted octanol–water partition coefficient (Wildman–Crippen LogP) is 5.69. The fourth-order valence-corrected chi connectivity index (χ4v) is 3.43. The highest BCUT2D eigenvalue weighted by Crippen LogP contribution is 2.32. The number of carbonyl (C=O) groups excluding carboxylic acids is 1. The normalized spacial score (nSPS) is 11.6. The Morgan fingerprint density at radius 1 is 0.828 bits per heavy atom. The van der Waals surface area contributed by atoms with Gasteiger partial charge in [-0.3, -0.25) is 4.79 Å². The molecule has 0 heterocycles. The molecule has 3 rings (SSSR count). The number of hydrazone groups is 1. The summed E-state index contributed by atoms with van der Waals surface area (Å²) < 4.78 is 0. The topological polar surface area (TPSA) is 61.7 Å². The first-order chi connectivity index (χ1) is 13.8. The van der Waals surface area contributed by atoms with Crippen LogP contribution in [0.15, 0.2) is 71.8 Å². The Hall–Kier alpha value is -2.08. The number of nitrogens with one attached hydrogen (secondary N) is 1. The van der Waals surface area contributed by atoms with Gasteiger partial charge in [0.15, 0.2) is 5.60 Å². The molecule has 0 atom stereocenters. The Morgan fingerprint density at radius 3 is 1.72 bits per heavy atom. The Bertz CT molecular complexity index is 986. The number of rotatable bonds is 5. The van der Waals surface area contributed by atoms with Crippen LogP contribution < -0.4 is 5.43 Å². The van der Waals surface area contributed by atoms with Crippen molar-refractivity contribution in [3.8, 4) is 0 Å². The molecule has 1 amide bonds. The summed E-state index contributed by atoms with van der Waals surface area (Å²) in [4.78, 5) is 13.0. The van der Waals surface area contributed by atoms with Crippen molar-refractivity contribution in [2.75, 3.05) is 0 Å². The number of hydrogen-bond acceptors (Lipinski definition) is 3. The van der Waals surface area contributed by atoms with Gasteiger partial charge in [0, 0.05) is 15.6 Å². The van der Waals surface area contributed by atoms with Crippen molar-refractivity contribution in [2.45, 2.75) is 5.60 Å². The van der Waals surface area contributed by atoms with E-state index < -0.39 is 11.5 Å². The van der Waals surface area contributed by atoms with E-state index in [1.54, 1.807) is 66.7 Å². The maximum absolute atomic E-state index is 13.0. The molecule has 3 aromatic rings. The van der Waals surface area contributed by atoms with Gasteiger partial charge in [-0.15, -0.1) is 0 Å². The van der Waals surface area contributed by atoms with Crippen molar-refractivity contribution in [1.29, 1.82) is 0 Å². The van der Waals surface area contributed by atoms with Gasteiger partial charge >= 0.3 is 0 Å². The Morgan fingerprint density at radius 2 is 1.28 bits per heavy atom. The van der Waals surface area contributed by atoms with E-state index in [1.807, 2.05) is 0 Å². The SMILES string of the molecule is O=C(N/N=C/c1c(Cl)cccc1Cl)C(O)(c1ccc(Cl)cc1)c1ccc(Cl)cc1. The average Bonchev–Trinajstić information content (AvgIpc) is 2.70. The van der Waals surface area contributed by atoms with Crippen LogP contribution in [0.5, 0.6) is 0 Å². The second-order valence-electron chi connectivity index (χ2n) is 6.06. The van der Waals surface area contributed by atoms with Crippen molar-refractivity contribution in [1.82, 2.24) is 5.43 Å². The predicted molar refractivity (Wildman–Crippen MR) is 118 cm³/mol. The molecule has 0 fully saturated rings. The maximum atomic E-state index is 13.0. The van der Waals surface area contributed by atoms with Crippen molar-refractivity contribution in [3.05, 3.63) is 104 Å². The van der Waals surface area contributed by atoms with Gasteiger partial charge in [-0.05, 0) is 47.5 Å². The van der Waals surface area contributed by atoms with Crippen molar-refractivity contribution in [2.24, 2.45) is 5.10 Å². The highest BCUT2D eigenvalue weighted by molar-refractivity contribution is 6.38. The van der Waals surface area contributed by atoms with Crippen LogP contribution in [0.25, 0.3) is 0 Å². The molecule has 0 unspecified atom stereocenters. The number of carbonyl (C=O) groups is 1. The Labute approximate surface area is 187 Å². The molecule has 0 aliphatic carbocycles. The third kappa shape index (κ3) is 4.74. The molecule has 8 heteroatoms. The zero-order valence-corrected chi connectivity index (χ0v) is 17.8. The summed E-state index contributed by atoms with van der Waals surface area (Å²) in [5.41, 5.74) is 1.39. The van der Waals surface area contributed by atoms with Gasteiger partial charge in [0.05, 0.1) is 16.3 Å². The standard InChI is InChI=1S/C21H14Cl4N2O2/c22-15-8-4-13(5-9-15)21(29,14-6-10-16(23)11-7-14)20(28)27-26-12-17-18(24)2-1-3-19(17)25/h1-12,29H,(H,27,28)/b26-12+. The van der Waals surface area contributed by atoms with Gasteiger partial charge in [0.2, 0.25) is 0 Å². The minimum atomic E-state index is -2.03. The smallest absolute Gasteiger partial charge is 0.281 e. The number of halogens is 4. The lowest BCUT2D eigenvalue weighted by atomic mass is 9.85. The molecule has 29 heavy (non-hydrogen) atoms. The zero-order chi connectivity index (χ0) is 21.0. The number of hydrogen-bond donors (Lipinski definition) is 2. The second kappa shape index (κ2) is 9.16. The summed E-state index contributed by atoms with van der Waals surface area (Å²) in [5.74, 6) is -0.776. The van der Waals surface area contributed by atoms with E-state index in [0.717, 1.165) is 0 Å². The fourth-order valence-electron chi connectivity index (χ4n) is 2.68. The molecule has 0 bridgehead atoms. The summed E-state index contributed by atoms with van der Waals surface area (Å²) in [6, 6.07) is 17.6. The molecule has 148 valence electrons. The summed E-state index contributed by atoms with van der Waals surface area (Å²) in [7, 11) is 0. The van der Waals surface area contributed by atoms with E-state index in [9.17, 15) is 9.90 Å². The molecule has 2 N–H and O–H groups in total. The van der Waals surface area contributed by atoms with E-state index in [0.29, 0.717) is 36.8 Å². The van der Waals surface area contributed by atoms with E-state index in [4.69, 9.17) is 46.4 Å². The summed E-state index contributed by atoms with van der Waals surface area (Å²) in [5, 5.41) is 17.0. The molecule has 0 saturated heterocycles. The van der Waals surface area contributed by atoms with Gasteiger partial charge in [0.1, 0.15) is 0 Å². The highest BCUT2D eigenvalue weighted by Gasteiger charge is 2.40. The van der Waals surface area contributed by atoms with Crippen LogP contribution in [0.2, 0.25) is 20.1 Å². The lowest BCUT2D eigenvalue weighted by Gasteiger charge is -2.27. The Kier molecular flexibility index (Phi) is 6.83. The van der Waals surface area contributed by atoms with Gasteiger partial charge in [-0.2, -0.15) is 5.10 Å². The van der Waals surface area contributed by atoms with Gasteiger partial charge in [-0.25, -0.2) is 5.43 Å². The van der Waals surface area contributed by atoms with Gasteiger partial charge in [-0.1, -0.05) is 76.7 Å². The number of aliphatic hydroxyl groups is 1. The summed E-state index contributed by atoms with van der Waals surface area (Å²) in [6.07, 6.45) is 1.31. The molecular weight excluding hydrogens is 454 g/mol. The van der Waals surface area contributed by atoms with Crippen LogP contribution in [-0.4, -0.2) is 17.2 Å². The molecule has 3 aromatic carbocycles. The summed E-state index contributed by atoms with van der Waals surface area (Å²) >= 11 is 24.1. The molecular formula is C21H14Cl4N2O2. The fraction of sp³-hybridized carbons (Fsp3) is 0.0476. The molecule has 4 nitrogen and oxygen atoms in total. The van der Waals surface area contributed by atoms with Crippen LogP contribution in [0.4, 0.5) is 0 Å². The van der Waals surface area contributed by atoms with Crippen LogP contribution >= 0.6 is 46.4 Å². The zero-order valence-electron chi connectivity index (χ0n) is 14.7. The minimum Gasteiger partial charge on any atom is -0.372 e. The van der Waals surface area contributed by atoms with Crippen molar-refractivity contribution in [3.63, 3.8) is 0 Å². The minimum absolute atomic E-state index is 0.313. The molecule has 0 aliphatic heterocycles. The molecule has 0 radical (unpaired) electrons. The lowest BCUT2D eigenvalue weighted by molar-refractivity contribution is -0.136. The quantitative estimate of drug-likeness (QED) is 0.374. The van der Waals surface area contributed by atoms with E-state index in [2.05, 4.69) is 10.5 Å². The molecule has 0 spiro atoms. The number of benzene rings is 3. The largest absolute Gasteiger partial charge is 0.372 e.